The summed E-state index contributed by atoms with van der Waals surface area (Å²) >= 11 is 0. The quantitative estimate of drug-likeness (QED) is 0.264. The molecule has 29 heavy (non-hydrogen) atoms. The molecule has 0 radical (unpaired) electrons. The highest BCUT2D eigenvalue weighted by Gasteiger charge is 2.28. The molecule has 2 rings (SSSR count). The summed E-state index contributed by atoms with van der Waals surface area (Å²) in [5.74, 6) is 0.339. The lowest BCUT2D eigenvalue weighted by Gasteiger charge is -2.36. The third kappa shape index (κ3) is 6.40. The predicted molar refractivity (Wildman–Crippen MR) is 108 cm³/mol. The van der Waals surface area contributed by atoms with E-state index in [9.17, 15) is 25.1 Å². The highest BCUT2D eigenvalue weighted by Crippen LogP contribution is 2.31. The first kappa shape index (κ1) is 23.1. The number of hydrogen-bond acceptors (Lipinski definition) is 6. The number of nitro benzene ring substituents is 1. The van der Waals surface area contributed by atoms with Crippen molar-refractivity contribution in [3.05, 3.63) is 33.9 Å². The number of ether oxygens (including phenoxy) is 1. The number of hydrogen-bond donors (Lipinski definition) is 2. The third-order valence-electron chi connectivity index (χ3n) is 5.40. The van der Waals surface area contributed by atoms with Gasteiger partial charge in [0, 0.05) is 18.5 Å². The first-order chi connectivity index (χ1) is 13.8. The van der Waals surface area contributed by atoms with Gasteiger partial charge in [-0.15, -0.1) is 0 Å². The molecule has 2 atom stereocenters. The number of benzene rings is 1. The van der Waals surface area contributed by atoms with Crippen molar-refractivity contribution in [1.82, 2.24) is 4.90 Å². The van der Waals surface area contributed by atoms with Gasteiger partial charge in [-0.3, -0.25) is 14.9 Å². The molecule has 1 aromatic rings. The van der Waals surface area contributed by atoms with Crippen LogP contribution in [0, 0.1) is 10.1 Å². The van der Waals surface area contributed by atoms with E-state index in [1.165, 1.54) is 24.6 Å². The smallest absolute Gasteiger partial charge is 0.275 e. The van der Waals surface area contributed by atoms with Gasteiger partial charge in [0.15, 0.2) is 0 Å². The first-order valence-electron chi connectivity index (χ1n) is 10.4. The summed E-state index contributed by atoms with van der Waals surface area (Å²) in [7, 11) is 0. The molecule has 8 nitrogen and oxygen atoms in total. The second kappa shape index (κ2) is 11.1. The predicted octanol–water partition coefficient (Wildman–Crippen LogP) is 3.70. The van der Waals surface area contributed by atoms with Crippen molar-refractivity contribution in [2.45, 2.75) is 83.6 Å². The lowest BCUT2D eigenvalue weighted by molar-refractivity contribution is -0.386. The molecular formula is C21H32N2O6. The number of carbonyl (C=O) groups is 1. The normalized spacial score (nSPS) is 16.8. The Hall–Kier alpha value is -2.19. The van der Waals surface area contributed by atoms with Gasteiger partial charge in [-0.2, -0.15) is 0 Å². The van der Waals surface area contributed by atoms with Gasteiger partial charge in [-0.1, -0.05) is 26.2 Å². The van der Waals surface area contributed by atoms with Gasteiger partial charge in [0.05, 0.1) is 23.2 Å². The topological polar surface area (TPSA) is 113 Å². The van der Waals surface area contributed by atoms with E-state index in [-0.39, 0.29) is 36.2 Å². The van der Waals surface area contributed by atoms with Gasteiger partial charge >= 0.3 is 0 Å². The molecule has 0 spiro atoms. The van der Waals surface area contributed by atoms with Gasteiger partial charge < -0.3 is 19.8 Å². The average molecular weight is 408 g/mol. The Morgan fingerprint density at radius 2 is 2.00 bits per heavy atom. The van der Waals surface area contributed by atoms with E-state index in [0.29, 0.717) is 18.6 Å². The fourth-order valence-corrected chi connectivity index (χ4v) is 3.89. The van der Waals surface area contributed by atoms with Crippen molar-refractivity contribution in [3.8, 4) is 5.75 Å². The summed E-state index contributed by atoms with van der Waals surface area (Å²) < 4.78 is 5.65. The minimum atomic E-state index is -0.935. The van der Waals surface area contributed by atoms with Crippen molar-refractivity contribution >= 4 is 11.6 Å². The SMILES string of the molecule is CCC(O)c1cc(OCCCC(=O)N(C(C)O)C2CCCCC2)ccc1[N+](=O)[O-]. The van der Waals surface area contributed by atoms with Gasteiger partial charge in [-0.25, -0.2) is 0 Å². The highest BCUT2D eigenvalue weighted by atomic mass is 16.6. The summed E-state index contributed by atoms with van der Waals surface area (Å²) in [5, 5.41) is 31.2. The molecule has 1 aliphatic rings. The number of amides is 1. The number of carbonyl (C=O) groups excluding carboxylic acids is 1. The fourth-order valence-electron chi connectivity index (χ4n) is 3.89. The number of rotatable bonds is 10. The maximum atomic E-state index is 12.6. The minimum absolute atomic E-state index is 0.0821. The van der Waals surface area contributed by atoms with E-state index >= 15 is 0 Å². The maximum absolute atomic E-state index is 12.6. The summed E-state index contributed by atoms with van der Waals surface area (Å²) in [4.78, 5) is 24.8. The molecule has 1 fully saturated rings. The second-order valence-corrected chi connectivity index (χ2v) is 7.58. The number of aliphatic hydroxyl groups is 2. The zero-order chi connectivity index (χ0) is 21.4. The molecule has 2 N–H and O–H groups in total. The Labute approximate surface area is 171 Å². The van der Waals surface area contributed by atoms with Crippen LogP contribution in [0.25, 0.3) is 0 Å². The van der Waals surface area contributed by atoms with Gasteiger partial charge in [-0.05, 0) is 44.7 Å². The molecule has 0 aliphatic heterocycles. The van der Waals surface area contributed by atoms with Gasteiger partial charge in [0.2, 0.25) is 5.91 Å². The van der Waals surface area contributed by atoms with Crippen LogP contribution >= 0.6 is 0 Å². The molecule has 1 saturated carbocycles. The molecule has 0 heterocycles. The van der Waals surface area contributed by atoms with E-state index in [2.05, 4.69) is 0 Å². The fraction of sp³-hybridized carbons (Fsp3) is 0.667. The van der Waals surface area contributed by atoms with Crippen LogP contribution < -0.4 is 4.74 Å². The molecule has 2 unspecified atom stereocenters. The second-order valence-electron chi connectivity index (χ2n) is 7.58. The van der Waals surface area contributed by atoms with E-state index < -0.39 is 17.3 Å². The summed E-state index contributed by atoms with van der Waals surface area (Å²) in [6.45, 7) is 3.64. The monoisotopic (exact) mass is 408 g/mol. The van der Waals surface area contributed by atoms with Crippen LogP contribution in [0.4, 0.5) is 5.69 Å². The maximum Gasteiger partial charge on any atom is 0.275 e. The van der Waals surface area contributed by atoms with Crippen molar-refractivity contribution in [1.29, 1.82) is 0 Å². The Bertz CT molecular complexity index is 688. The van der Waals surface area contributed by atoms with E-state index in [4.69, 9.17) is 4.74 Å². The zero-order valence-electron chi connectivity index (χ0n) is 17.2. The average Bonchev–Trinajstić information content (AvgIpc) is 2.71. The van der Waals surface area contributed by atoms with Crippen LogP contribution in [0.2, 0.25) is 0 Å². The molecule has 0 bridgehead atoms. The van der Waals surface area contributed by atoms with Crippen LogP contribution in [0.1, 0.15) is 76.9 Å². The Morgan fingerprint density at radius 1 is 1.31 bits per heavy atom. The Kier molecular flexibility index (Phi) is 8.85. The molecule has 8 heteroatoms. The van der Waals surface area contributed by atoms with Crippen LogP contribution in [-0.2, 0) is 4.79 Å². The lowest BCUT2D eigenvalue weighted by atomic mass is 9.93. The summed E-state index contributed by atoms with van der Waals surface area (Å²) in [6, 6.07) is 4.41. The van der Waals surface area contributed by atoms with E-state index in [1.807, 2.05) is 0 Å². The number of nitro groups is 1. The number of nitrogens with zero attached hydrogens (tertiary/aromatic N) is 2. The van der Waals surface area contributed by atoms with Crippen LogP contribution in [0.15, 0.2) is 18.2 Å². The molecule has 1 amide bonds. The number of aliphatic hydroxyl groups excluding tert-OH is 2. The van der Waals surface area contributed by atoms with E-state index in [1.54, 1.807) is 18.7 Å². The Balaban J connectivity index is 1.90. The highest BCUT2D eigenvalue weighted by molar-refractivity contribution is 5.76. The lowest BCUT2D eigenvalue weighted by Crippen LogP contribution is -2.46. The minimum Gasteiger partial charge on any atom is -0.494 e. The molecule has 0 aromatic heterocycles. The van der Waals surface area contributed by atoms with E-state index in [0.717, 1.165) is 25.7 Å². The molecule has 162 valence electrons. The Morgan fingerprint density at radius 3 is 2.59 bits per heavy atom. The standard InChI is InChI=1S/C21H32N2O6/c1-3-20(25)18-14-17(11-12-19(18)23(27)28)29-13-7-10-21(26)22(15(2)24)16-8-5-4-6-9-16/h11-12,14-16,20,24-25H,3-10,13H2,1-2H3. The third-order valence-corrected chi connectivity index (χ3v) is 5.40. The first-order valence-corrected chi connectivity index (χ1v) is 10.4. The zero-order valence-corrected chi connectivity index (χ0v) is 17.2. The molecule has 0 saturated heterocycles. The van der Waals surface area contributed by atoms with Crippen molar-refractivity contribution in [2.75, 3.05) is 6.61 Å². The molecule has 1 aromatic carbocycles. The van der Waals surface area contributed by atoms with Gasteiger partial charge in [0.1, 0.15) is 12.0 Å². The van der Waals surface area contributed by atoms with Crippen molar-refractivity contribution in [2.24, 2.45) is 0 Å². The van der Waals surface area contributed by atoms with Crippen LogP contribution in [0.5, 0.6) is 5.75 Å². The summed E-state index contributed by atoms with van der Waals surface area (Å²) in [5.41, 5.74) is 0.0885. The van der Waals surface area contributed by atoms with Crippen LogP contribution in [0.3, 0.4) is 0 Å². The van der Waals surface area contributed by atoms with Gasteiger partial charge in [0.25, 0.3) is 5.69 Å². The van der Waals surface area contributed by atoms with Crippen molar-refractivity contribution in [3.63, 3.8) is 0 Å². The molecule has 1 aliphatic carbocycles. The van der Waals surface area contributed by atoms with Crippen molar-refractivity contribution < 1.29 is 24.7 Å². The largest absolute Gasteiger partial charge is 0.494 e. The van der Waals surface area contributed by atoms with Crippen LogP contribution in [-0.4, -0.2) is 44.8 Å². The summed E-state index contributed by atoms with van der Waals surface area (Å²) in [6.07, 6.45) is 4.54. The molecular weight excluding hydrogens is 376 g/mol.